The Bertz CT molecular complexity index is 514. The molecule has 19 heavy (non-hydrogen) atoms. The molecule has 7 heteroatoms. The maximum Gasteiger partial charge on any atom is 0.339 e. The average Bonchev–Trinajstić information content (AvgIpc) is 3.19. The molecule has 7 nitrogen and oxygen atoms in total. The van der Waals surface area contributed by atoms with Gasteiger partial charge in [-0.05, 0) is 25.7 Å². The summed E-state index contributed by atoms with van der Waals surface area (Å²) >= 11 is 0. The number of nitrogens with zero attached hydrogens (tertiary/aromatic N) is 3. The minimum absolute atomic E-state index is 0.114. The van der Waals surface area contributed by atoms with Crippen LogP contribution in [0.25, 0.3) is 0 Å². The molecule has 1 aromatic rings. The minimum Gasteiger partial charge on any atom is -0.478 e. The zero-order chi connectivity index (χ0) is 14.0. The molecule has 1 aliphatic carbocycles. The average molecular weight is 265 g/mol. The Labute approximate surface area is 110 Å². The largest absolute Gasteiger partial charge is 0.478 e. The van der Waals surface area contributed by atoms with Crippen LogP contribution in [0.1, 0.15) is 30.1 Å². The van der Waals surface area contributed by atoms with Crippen LogP contribution in [0.15, 0.2) is 12.3 Å². The van der Waals surface area contributed by atoms with Gasteiger partial charge in [-0.2, -0.15) is 0 Å². The van der Waals surface area contributed by atoms with Crippen LogP contribution in [-0.2, 0) is 0 Å². The van der Waals surface area contributed by atoms with Gasteiger partial charge < -0.3 is 10.0 Å². The molecule has 1 aromatic heterocycles. The van der Waals surface area contributed by atoms with E-state index in [1.54, 1.807) is 0 Å². The maximum absolute atomic E-state index is 11.2. The number of hydrogen-bond donors (Lipinski definition) is 1. The second kappa shape index (κ2) is 5.21. The Balaban J connectivity index is 2.36. The first-order chi connectivity index (χ1) is 9.02. The van der Waals surface area contributed by atoms with Crippen molar-refractivity contribution in [1.29, 1.82) is 0 Å². The Morgan fingerprint density at radius 3 is 2.79 bits per heavy atom. The SMILES string of the molecule is CCN(CC1CC1)c1ncc([N+](=O)[O-])cc1C(=O)O. The van der Waals surface area contributed by atoms with Crippen molar-refractivity contribution >= 4 is 17.5 Å². The molecule has 0 aromatic carbocycles. The molecule has 0 unspecified atom stereocenters. The smallest absolute Gasteiger partial charge is 0.339 e. The van der Waals surface area contributed by atoms with E-state index >= 15 is 0 Å². The van der Waals surface area contributed by atoms with Gasteiger partial charge in [0.25, 0.3) is 5.69 Å². The number of anilines is 1. The first-order valence-electron chi connectivity index (χ1n) is 6.15. The van der Waals surface area contributed by atoms with E-state index < -0.39 is 10.9 Å². The predicted octanol–water partition coefficient (Wildman–Crippen LogP) is 1.92. The van der Waals surface area contributed by atoms with Gasteiger partial charge in [0.2, 0.25) is 0 Å². The van der Waals surface area contributed by atoms with Gasteiger partial charge in [0.05, 0.1) is 4.92 Å². The van der Waals surface area contributed by atoms with Crippen molar-refractivity contribution in [3.63, 3.8) is 0 Å². The number of nitro groups is 1. The lowest BCUT2D eigenvalue weighted by Gasteiger charge is -2.23. The van der Waals surface area contributed by atoms with E-state index in [1.165, 1.54) is 0 Å². The highest BCUT2D eigenvalue weighted by Gasteiger charge is 2.27. The molecule has 0 amide bonds. The number of aromatic nitrogens is 1. The summed E-state index contributed by atoms with van der Waals surface area (Å²) in [6, 6.07) is 1.07. The van der Waals surface area contributed by atoms with Crippen molar-refractivity contribution in [1.82, 2.24) is 4.98 Å². The Hall–Kier alpha value is -2.18. The van der Waals surface area contributed by atoms with Crippen LogP contribution in [0.2, 0.25) is 0 Å². The van der Waals surface area contributed by atoms with Crippen molar-refractivity contribution in [2.24, 2.45) is 5.92 Å². The first kappa shape index (κ1) is 13.3. The highest BCUT2D eigenvalue weighted by molar-refractivity contribution is 5.94. The Morgan fingerprint density at radius 1 is 1.63 bits per heavy atom. The molecule has 2 rings (SSSR count). The summed E-state index contributed by atoms with van der Waals surface area (Å²) in [6.07, 6.45) is 3.40. The van der Waals surface area contributed by atoms with Gasteiger partial charge in [0.15, 0.2) is 0 Å². The maximum atomic E-state index is 11.2. The fourth-order valence-corrected chi connectivity index (χ4v) is 1.93. The monoisotopic (exact) mass is 265 g/mol. The second-order valence-corrected chi connectivity index (χ2v) is 4.61. The molecule has 0 radical (unpaired) electrons. The molecule has 1 aliphatic rings. The van der Waals surface area contributed by atoms with Crippen LogP contribution in [0, 0.1) is 16.0 Å². The van der Waals surface area contributed by atoms with E-state index in [0.717, 1.165) is 31.6 Å². The van der Waals surface area contributed by atoms with Gasteiger partial charge >= 0.3 is 5.97 Å². The van der Waals surface area contributed by atoms with Crippen molar-refractivity contribution in [3.8, 4) is 0 Å². The number of carboxylic acid groups (broad SMARTS) is 1. The fourth-order valence-electron chi connectivity index (χ4n) is 1.93. The zero-order valence-electron chi connectivity index (χ0n) is 10.6. The number of pyridine rings is 1. The number of rotatable bonds is 6. The lowest BCUT2D eigenvalue weighted by Crippen LogP contribution is -2.28. The van der Waals surface area contributed by atoms with Gasteiger partial charge in [0.1, 0.15) is 17.6 Å². The summed E-state index contributed by atoms with van der Waals surface area (Å²) in [6.45, 7) is 3.29. The zero-order valence-corrected chi connectivity index (χ0v) is 10.6. The summed E-state index contributed by atoms with van der Waals surface area (Å²) in [5, 5.41) is 19.9. The topological polar surface area (TPSA) is 96.6 Å². The van der Waals surface area contributed by atoms with Crippen LogP contribution in [0.4, 0.5) is 11.5 Å². The number of hydrogen-bond acceptors (Lipinski definition) is 5. The molecule has 0 saturated heterocycles. The van der Waals surface area contributed by atoms with Gasteiger partial charge in [0, 0.05) is 19.2 Å². The summed E-state index contributed by atoms with van der Waals surface area (Å²) in [5.41, 5.74) is -0.416. The number of carbonyl (C=O) groups is 1. The molecule has 0 bridgehead atoms. The molecule has 1 N–H and O–H groups in total. The standard InChI is InChI=1S/C12H15N3O4/c1-2-14(7-8-3-4-8)11-10(12(16)17)5-9(6-13-11)15(18)19/h5-6,8H,2-4,7H2,1H3,(H,16,17). The number of aromatic carboxylic acids is 1. The molecular formula is C12H15N3O4. The second-order valence-electron chi connectivity index (χ2n) is 4.61. The van der Waals surface area contributed by atoms with E-state index in [4.69, 9.17) is 0 Å². The molecule has 1 fully saturated rings. The molecule has 0 atom stereocenters. The van der Waals surface area contributed by atoms with Crippen LogP contribution in [-0.4, -0.2) is 34.1 Å². The van der Waals surface area contributed by atoms with Gasteiger partial charge in [-0.25, -0.2) is 9.78 Å². The van der Waals surface area contributed by atoms with Crippen LogP contribution in [0.3, 0.4) is 0 Å². The summed E-state index contributed by atoms with van der Waals surface area (Å²) < 4.78 is 0. The normalized spacial score (nSPS) is 14.2. The summed E-state index contributed by atoms with van der Waals surface area (Å²) in [7, 11) is 0. The van der Waals surface area contributed by atoms with E-state index in [0.29, 0.717) is 18.3 Å². The fraction of sp³-hybridized carbons (Fsp3) is 0.500. The third-order valence-corrected chi connectivity index (χ3v) is 3.15. The van der Waals surface area contributed by atoms with Crippen molar-refractivity contribution in [2.45, 2.75) is 19.8 Å². The molecule has 0 aliphatic heterocycles. The van der Waals surface area contributed by atoms with E-state index in [1.807, 2.05) is 11.8 Å². The lowest BCUT2D eigenvalue weighted by atomic mass is 10.2. The van der Waals surface area contributed by atoms with E-state index in [2.05, 4.69) is 4.98 Å². The Morgan fingerprint density at radius 2 is 2.32 bits per heavy atom. The van der Waals surface area contributed by atoms with Crippen molar-refractivity contribution in [3.05, 3.63) is 27.9 Å². The highest BCUT2D eigenvalue weighted by atomic mass is 16.6. The third-order valence-electron chi connectivity index (χ3n) is 3.15. The molecule has 1 saturated carbocycles. The van der Waals surface area contributed by atoms with Crippen molar-refractivity contribution in [2.75, 3.05) is 18.0 Å². The highest BCUT2D eigenvalue weighted by Crippen LogP contribution is 2.32. The summed E-state index contributed by atoms with van der Waals surface area (Å²) in [4.78, 5) is 27.1. The van der Waals surface area contributed by atoms with Gasteiger partial charge in [-0.3, -0.25) is 10.1 Å². The predicted molar refractivity (Wildman–Crippen MR) is 68.5 cm³/mol. The van der Waals surface area contributed by atoms with Crippen LogP contribution in [0.5, 0.6) is 0 Å². The number of carboxylic acids is 1. The first-order valence-corrected chi connectivity index (χ1v) is 6.15. The minimum atomic E-state index is -1.19. The van der Waals surface area contributed by atoms with E-state index in [9.17, 15) is 20.0 Å². The van der Waals surface area contributed by atoms with Gasteiger partial charge in [-0.15, -0.1) is 0 Å². The molecule has 1 heterocycles. The van der Waals surface area contributed by atoms with Crippen LogP contribution >= 0.6 is 0 Å². The molecule has 102 valence electrons. The van der Waals surface area contributed by atoms with Crippen LogP contribution < -0.4 is 4.90 Å². The molecule has 0 spiro atoms. The van der Waals surface area contributed by atoms with Crippen molar-refractivity contribution < 1.29 is 14.8 Å². The quantitative estimate of drug-likeness (QED) is 0.623. The Kier molecular flexibility index (Phi) is 3.64. The molecular weight excluding hydrogens is 250 g/mol. The summed E-state index contributed by atoms with van der Waals surface area (Å²) in [5.74, 6) is -0.300. The van der Waals surface area contributed by atoms with E-state index in [-0.39, 0.29) is 11.3 Å². The van der Waals surface area contributed by atoms with Gasteiger partial charge in [-0.1, -0.05) is 0 Å². The lowest BCUT2D eigenvalue weighted by molar-refractivity contribution is -0.385. The third kappa shape index (κ3) is 2.98.